The molecule has 0 spiro atoms. The molecule has 0 aliphatic carbocycles. The minimum absolute atomic E-state index is 0.0378. The largest absolute Gasteiger partial charge is 0.405 e. The second-order valence-corrected chi connectivity index (χ2v) is 10.7. The molecular formula is C29H28ClFN8O2. The van der Waals surface area contributed by atoms with E-state index in [1.54, 1.807) is 36.5 Å². The minimum atomic E-state index is -0.600. The molecule has 1 aliphatic heterocycles. The molecule has 4 heterocycles. The lowest BCUT2D eigenvalue weighted by Crippen LogP contribution is -2.58. The summed E-state index contributed by atoms with van der Waals surface area (Å²) < 4.78 is 24.3. The third-order valence-electron chi connectivity index (χ3n) is 7.61. The van der Waals surface area contributed by atoms with Crippen LogP contribution in [0.1, 0.15) is 19.4 Å². The number of carbonyl (C=O) groups excluding carboxylic acids is 1. The summed E-state index contributed by atoms with van der Waals surface area (Å²) in [6.07, 6.45) is 4.59. The molecule has 12 heteroatoms. The van der Waals surface area contributed by atoms with E-state index < -0.39 is 5.82 Å². The minimum Gasteiger partial charge on any atom is -0.405 e. The van der Waals surface area contributed by atoms with Gasteiger partial charge in [0.2, 0.25) is 11.8 Å². The van der Waals surface area contributed by atoms with E-state index in [4.69, 9.17) is 21.3 Å². The van der Waals surface area contributed by atoms with Crippen LogP contribution in [0.3, 0.4) is 0 Å². The normalized spacial score (nSPS) is 17.4. The molecule has 210 valence electrons. The predicted octanol–water partition coefficient (Wildman–Crippen LogP) is 5.41. The maximum atomic E-state index is 16.7. The number of piperazine rings is 1. The number of ether oxygens (including phenoxy) is 1. The second kappa shape index (κ2) is 10.2. The molecule has 3 aromatic heterocycles. The van der Waals surface area contributed by atoms with Gasteiger partial charge in [-0.3, -0.25) is 9.89 Å². The molecule has 1 saturated heterocycles. The van der Waals surface area contributed by atoms with Gasteiger partial charge in [0.15, 0.2) is 5.82 Å². The fraction of sp³-hybridized carbons (Fsp3) is 0.276. The number of fused-ring (bicyclic) bond motifs is 2. The van der Waals surface area contributed by atoms with E-state index in [0.717, 1.165) is 10.9 Å². The number of hydrogen-bond donors (Lipinski definition) is 1. The van der Waals surface area contributed by atoms with Crippen LogP contribution in [-0.4, -0.2) is 65.9 Å². The molecular weight excluding hydrogens is 547 g/mol. The number of anilines is 1. The SMILES string of the molecule is C=CC(=O)N1C[C@H](C)N(c2nc(Oc3ccnn3C)nc3c(F)c(-c4c(C)ccc5cn[nH]c45)c(Cl)cc23)C[C@H]1C. The first-order chi connectivity index (χ1) is 19.7. The first-order valence-electron chi connectivity index (χ1n) is 13.2. The highest BCUT2D eigenvalue weighted by atomic mass is 35.5. The molecule has 1 N–H and O–H groups in total. The molecule has 0 radical (unpaired) electrons. The van der Waals surface area contributed by atoms with Crippen molar-refractivity contribution in [2.24, 2.45) is 7.05 Å². The molecule has 41 heavy (non-hydrogen) atoms. The van der Waals surface area contributed by atoms with E-state index in [2.05, 4.69) is 26.9 Å². The second-order valence-electron chi connectivity index (χ2n) is 10.3. The lowest BCUT2D eigenvalue weighted by atomic mass is 9.96. The standard InChI is InChI=1S/C29H28ClFN8O2/c1-6-21(40)38-13-17(4)39(14-16(38)3)28-19-11-20(30)24(23-15(2)7-8-18-12-32-36-26(18)23)25(31)27(19)34-29(35-28)41-22-9-10-33-37(22)5/h6-12,16-17H,1,13-14H2,2-5H3,(H,32,36)/t16-,17+/m1/s1. The molecule has 0 bridgehead atoms. The molecule has 0 unspecified atom stereocenters. The molecule has 2 atom stereocenters. The average Bonchev–Trinajstić information content (AvgIpc) is 3.59. The van der Waals surface area contributed by atoms with E-state index in [9.17, 15) is 4.79 Å². The number of carbonyl (C=O) groups is 1. The van der Waals surface area contributed by atoms with Gasteiger partial charge in [0.1, 0.15) is 11.3 Å². The number of halogens is 2. The zero-order valence-corrected chi connectivity index (χ0v) is 23.8. The molecule has 1 amide bonds. The summed E-state index contributed by atoms with van der Waals surface area (Å²) in [7, 11) is 1.73. The number of aromatic amines is 1. The van der Waals surface area contributed by atoms with Crippen LogP contribution in [0.15, 0.2) is 49.3 Å². The zero-order valence-electron chi connectivity index (χ0n) is 23.0. The third-order valence-corrected chi connectivity index (χ3v) is 7.90. The number of benzene rings is 2. The lowest BCUT2D eigenvalue weighted by molar-refractivity contribution is -0.128. The Morgan fingerprint density at radius 3 is 2.73 bits per heavy atom. The summed E-state index contributed by atoms with van der Waals surface area (Å²) in [4.78, 5) is 25.5. The van der Waals surface area contributed by atoms with Crippen molar-refractivity contribution in [3.8, 4) is 23.0 Å². The van der Waals surface area contributed by atoms with Crippen LogP contribution in [-0.2, 0) is 11.8 Å². The van der Waals surface area contributed by atoms with Gasteiger partial charge in [0.25, 0.3) is 0 Å². The van der Waals surface area contributed by atoms with Gasteiger partial charge < -0.3 is 14.5 Å². The summed E-state index contributed by atoms with van der Waals surface area (Å²) in [5.74, 6) is 0.114. The number of rotatable bonds is 5. The topological polar surface area (TPSA) is 105 Å². The maximum Gasteiger partial charge on any atom is 0.325 e. The molecule has 2 aromatic carbocycles. The van der Waals surface area contributed by atoms with E-state index in [1.165, 1.54) is 10.8 Å². The molecule has 0 saturated carbocycles. The van der Waals surface area contributed by atoms with E-state index in [1.807, 2.05) is 37.8 Å². The predicted molar refractivity (Wildman–Crippen MR) is 156 cm³/mol. The summed E-state index contributed by atoms with van der Waals surface area (Å²) in [6, 6.07) is 6.86. The van der Waals surface area contributed by atoms with E-state index in [0.29, 0.717) is 41.3 Å². The lowest BCUT2D eigenvalue weighted by Gasteiger charge is -2.44. The zero-order chi connectivity index (χ0) is 29.0. The van der Waals surface area contributed by atoms with Crippen LogP contribution in [0.2, 0.25) is 5.02 Å². The van der Waals surface area contributed by atoms with Crippen molar-refractivity contribution in [1.29, 1.82) is 0 Å². The monoisotopic (exact) mass is 574 g/mol. The molecule has 5 aromatic rings. The molecule has 1 fully saturated rings. The first-order valence-corrected chi connectivity index (χ1v) is 13.5. The number of nitrogens with one attached hydrogen (secondary N) is 1. The Morgan fingerprint density at radius 2 is 2.00 bits per heavy atom. The van der Waals surface area contributed by atoms with Crippen molar-refractivity contribution < 1.29 is 13.9 Å². The summed E-state index contributed by atoms with van der Waals surface area (Å²) in [6.45, 7) is 10.3. The van der Waals surface area contributed by atoms with Gasteiger partial charge in [0, 0.05) is 60.2 Å². The number of hydrogen-bond acceptors (Lipinski definition) is 7. The summed E-state index contributed by atoms with van der Waals surface area (Å²) in [5, 5.41) is 12.7. The van der Waals surface area contributed by atoms with Crippen molar-refractivity contribution in [2.45, 2.75) is 32.9 Å². The van der Waals surface area contributed by atoms with Crippen LogP contribution < -0.4 is 9.64 Å². The van der Waals surface area contributed by atoms with Gasteiger partial charge >= 0.3 is 6.01 Å². The van der Waals surface area contributed by atoms with Crippen LogP contribution in [0.25, 0.3) is 32.9 Å². The van der Waals surface area contributed by atoms with Crippen molar-refractivity contribution in [3.05, 3.63) is 65.7 Å². The third kappa shape index (κ3) is 4.46. The summed E-state index contributed by atoms with van der Waals surface area (Å²) in [5.41, 5.74) is 2.39. The van der Waals surface area contributed by atoms with E-state index >= 15 is 4.39 Å². The number of aryl methyl sites for hydroxylation is 2. The number of amides is 1. The van der Waals surface area contributed by atoms with Gasteiger partial charge in [-0.2, -0.15) is 20.2 Å². The smallest absolute Gasteiger partial charge is 0.325 e. The van der Waals surface area contributed by atoms with Crippen molar-refractivity contribution in [3.63, 3.8) is 0 Å². The van der Waals surface area contributed by atoms with Crippen LogP contribution in [0.5, 0.6) is 11.9 Å². The Morgan fingerprint density at radius 1 is 1.20 bits per heavy atom. The number of aromatic nitrogens is 6. The van der Waals surface area contributed by atoms with Crippen molar-refractivity contribution >= 4 is 45.1 Å². The number of H-pyrrole nitrogens is 1. The van der Waals surface area contributed by atoms with E-state index in [-0.39, 0.29) is 40.1 Å². The fourth-order valence-electron chi connectivity index (χ4n) is 5.49. The van der Waals surface area contributed by atoms with Gasteiger partial charge in [-0.05, 0) is 38.5 Å². The van der Waals surface area contributed by atoms with Gasteiger partial charge in [0.05, 0.1) is 22.9 Å². The highest BCUT2D eigenvalue weighted by Gasteiger charge is 2.34. The van der Waals surface area contributed by atoms with Crippen molar-refractivity contribution in [1.82, 2.24) is 34.8 Å². The van der Waals surface area contributed by atoms with Gasteiger partial charge in [-0.25, -0.2) is 9.07 Å². The Kier molecular flexibility index (Phi) is 6.61. The molecule has 6 rings (SSSR count). The summed E-state index contributed by atoms with van der Waals surface area (Å²) >= 11 is 6.86. The van der Waals surface area contributed by atoms with Crippen LogP contribution >= 0.6 is 11.6 Å². The van der Waals surface area contributed by atoms with Crippen molar-refractivity contribution in [2.75, 3.05) is 18.0 Å². The quantitative estimate of drug-likeness (QED) is 0.280. The van der Waals surface area contributed by atoms with Gasteiger partial charge in [-0.1, -0.05) is 30.3 Å². The van der Waals surface area contributed by atoms with Crippen LogP contribution in [0.4, 0.5) is 10.2 Å². The average molecular weight is 575 g/mol. The highest BCUT2D eigenvalue weighted by molar-refractivity contribution is 6.35. The van der Waals surface area contributed by atoms with Gasteiger partial charge in [-0.15, -0.1) is 0 Å². The number of nitrogens with zero attached hydrogens (tertiary/aromatic N) is 7. The molecule has 1 aliphatic rings. The Bertz CT molecular complexity index is 1830. The van der Waals surface area contributed by atoms with Crippen LogP contribution in [0, 0.1) is 12.7 Å². The maximum absolute atomic E-state index is 16.7. The first kappa shape index (κ1) is 26.7. The highest BCUT2D eigenvalue weighted by Crippen LogP contribution is 2.42. The fourth-order valence-corrected chi connectivity index (χ4v) is 5.78. The Hall–Kier alpha value is -4.51. The molecule has 10 nitrogen and oxygen atoms in total. The Balaban J connectivity index is 1.57. The Labute approximate surface area is 240 Å².